The van der Waals surface area contributed by atoms with Crippen molar-refractivity contribution in [2.45, 2.75) is 20.5 Å². The van der Waals surface area contributed by atoms with Crippen molar-refractivity contribution in [3.8, 4) is 5.75 Å². The van der Waals surface area contributed by atoms with Crippen LogP contribution < -0.4 is 10.1 Å². The van der Waals surface area contributed by atoms with E-state index in [9.17, 15) is 9.59 Å². The molecule has 1 aliphatic rings. The molecule has 0 aromatic heterocycles. The molecule has 1 N–H and O–H groups in total. The number of thioether (sulfide) groups is 1. The first kappa shape index (κ1) is 19.4. The van der Waals surface area contributed by atoms with Crippen LogP contribution in [-0.4, -0.2) is 17.0 Å². The Hall–Kier alpha value is -2.38. The number of nitrogens with one attached hydrogen (secondary N) is 1. The molecule has 5 nitrogen and oxygen atoms in total. The highest BCUT2D eigenvalue weighted by Crippen LogP contribution is 2.32. The summed E-state index contributed by atoms with van der Waals surface area (Å²) in [7, 11) is 0. The third-order valence-electron chi connectivity index (χ3n) is 3.68. The van der Waals surface area contributed by atoms with E-state index in [4.69, 9.17) is 4.74 Å². The van der Waals surface area contributed by atoms with E-state index in [0.29, 0.717) is 17.3 Å². The molecule has 0 spiro atoms. The monoisotopic (exact) mass is 444 g/mol. The highest BCUT2D eigenvalue weighted by atomic mass is 79.9. The van der Waals surface area contributed by atoms with Gasteiger partial charge in [0.05, 0.1) is 4.91 Å². The maximum atomic E-state index is 12.1. The highest BCUT2D eigenvalue weighted by Gasteiger charge is 2.23. The molecule has 0 fully saturated rings. The lowest BCUT2D eigenvalue weighted by Gasteiger charge is -2.10. The largest absolute Gasteiger partial charge is 0.488 e. The summed E-state index contributed by atoms with van der Waals surface area (Å²) in [5, 5.41) is 2.82. The lowest BCUT2D eigenvalue weighted by molar-refractivity contribution is -0.117. The van der Waals surface area contributed by atoms with Crippen molar-refractivity contribution in [2.75, 3.05) is 0 Å². The van der Waals surface area contributed by atoms with E-state index in [1.54, 1.807) is 6.08 Å². The summed E-state index contributed by atoms with van der Waals surface area (Å²) in [4.78, 5) is 27.5. The van der Waals surface area contributed by atoms with Gasteiger partial charge in [0.2, 0.25) is 5.91 Å². The van der Waals surface area contributed by atoms with E-state index >= 15 is 0 Å². The van der Waals surface area contributed by atoms with E-state index in [2.05, 4.69) is 26.2 Å². The summed E-state index contributed by atoms with van der Waals surface area (Å²) in [5.74, 6) is 0.0146. The van der Waals surface area contributed by atoms with Crippen molar-refractivity contribution in [1.29, 1.82) is 0 Å². The average Bonchev–Trinajstić information content (AvgIpc) is 2.94. The molecule has 7 heteroatoms. The van der Waals surface area contributed by atoms with E-state index in [1.165, 1.54) is 12.5 Å². The second-order valence-electron chi connectivity index (χ2n) is 5.97. The molecule has 0 saturated heterocycles. The number of amides is 2. The zero-order valence-electron chi connectivity index (χ0n) is 14.8. The van der Waals surface area contributed by atoms with E-state index in [1.807, 2.05) is 49.4 Å². The Morgan fingerprint density at radius 3 is 2.70 bits per heavy atom. The number of aliphatic imine (C=N–C) groups is 1. The molecule has 2 amide bonds. The zero-order valence-corrected chi connectivity index (χ0v) is 17.2. The van der Waals surface area contributed by atoms with Gasteiger partial charge < -0.3 is 10.1 Å². The SMILES string of the molecule is CC(=O)NC1=NC(=O)/C(=C/c2cc(Br)ccc2OCc2ccc(C)cc2)S1. The first-order valence-electron chi connectivity index (χ1n) is 8.19. The molecule has 0 bridgehead atoms. The Bertz CT molecular complexity index is 952. The number of rotatable bonds is 4. The van der Waals surface area contributed by atoms with Gasteiger partial charge >= 0.3 is 0 Å². The van der Waals surface area contributed by atoms with E-state index < -0.39 is 0 Å². The van der Waals surface area contributed by atoms with Gasteiger partial charge in [0.15, 0.2) is 5.17 Å². The van der Waals surface area contributed by atoms with Gasteiger partial charge in [-0.1, -0.05) is 45.8 Å². The minimum atomic E-state index is -0.381. The average molecular weight is 445 g/mol. The van der Waals surface area contributed by atoms with Crippen molar-refractivity contribution in [3.63, 3.8) is 0 Å². The van der Waals surface area contributed by atoms with Crippen LogP contribution in [0.25, 0.3) is 6.08 Å². The van der Waals surface area contributed by atoms with Gasteiger partial charge in [0.1, 0.15) is 12.4 Å². The predicted octanol–water partition coefficient (Wildman–Crippen LogP) is 4.44. The number of carbonyl (C=O) groups excluding carboxylic acids is 2. The molecule has 0 atom stereocenters. The predicted molar refractivity (Wildman–Crippen MR) is 111 cm³/mol. The maximum Gasteiger partial charge on any atom is 0.286 e. The maximum absolute atomic E-state index is 12.1. The third-order valence-corrected chi connectivity index (χ3v) is 5.07. The van der Waals surface area contributed by atoms with Crippen LogP contribution in [0.4, 0.5) is 0 Å². The number of carbonyl (C=O) groups is 2. The van der Waals surface area contributed by atoms with Crippen LogP contribution in [0, 0.1) is 6.92 Å². The molecular formula is C20H17BrN2O3S. The molecule has 1 aliphatic heterocycles. The van der Waals surface area contributed by atoms with Gasteiger partial charge in [-0.2, -0.15) is 4.99 Å². The lowest BCUT2D eigenvalue weighted by atomic mass is 10.1. The van der Waals surface area contributed by atoms with E-state index in [-0.39, 0.29) is 17.0 Å². The molecule has 27 heavy (non-hydrogen) atoms. The van der Waals surface area contributed by atoms with Crippen LogP contribution in [-0.2, 0) is 16.2 Å². The van der Waals surface area contributed by atoms with Crippen LogP contribution in [0.3, 0.4) is 0 Å². The van der Waals surface area contributed by atoms with Crippen LogP contribution in [0.1, 0.15) is 23.6 Å². The summed E-state index contributed by atoms with van der Waals surface area (Å²) in [5.41, 5.74) is 3.01. The fourth-order valence-electron chi connectivity index (χ4n) is 2.36. The molecular weight excluding hydrogens is 428 g/mol. The number of benzene rings is 2. The molecule has 3 rings (SSSR count). The standard InChI is InChI=1S/C20H17BrN2O3S/c1-12-3-5-14(6-4-12)11-26-17-8-7-16(21)9-15(17)10-18-19(25)23-20(27-18)22-13(2)24/h3-10H,11H2,1-2H3,(H,22,23,24,25)/b18-10-. The molecule has 1 heterocycles. The molecule has 2 aromatic carbocycles. The third kappa shape index (κ3) is 5.30. The van der Waals surface area contributed by atoms with Gasteiger partial charge in [-0.25, -0.2) is 0 Å². The summed E-state index contributed by atoms with van der Waals surface area (Å²) in [6.07, 6.45) is 1.72. The van der Waals surface area contributed by atoms with Crippen molar-refractivity contribution in [3.05, 3.63) is 68.5 Å². The van der Waals surface area contributed by atoms with Gasteiger partial charge in [-0.15, -0.1) is 0 Å². The normalized spacial score (nSPS) is 15.0. The number of hydrogen-bond donors (Lipinski definition) is 1. The number of amidine groups is 1. The van der Waals surface area contributed by atoms with Crippen molar-refractivity contribution in [2.24, 2.45) is 4.99 Å². The molecule has 138 valence electrons. The Kier molecular flexibility index (Phi) is 6.13. The quantitative estimate of drug-likeness (QED) is 0.707. The fraction of sp³-hybridized carbons (Fsp3) is 0.150. The Morgan fingerprint density at radius 2 is 2.00 bits per heavy atom. The minimum absolute atomic E-state index is 0.264. The van der Waals surface area contributed by atoms with Crippen molar-refractivity contribution < 1.29 is 14.3 Å². The number of nitrogens with zero attached hydrogens (tertiary/aromatic N) is 1. The van der Waals surface area contributed by atoms with Gasteiger partial charge in [-0.05, 0) is 48.5 Å². The summed E-state index contributed by atoms with van der Waals surface area (Å²) in [6, 6.07) is 13.7. The Balaban J connectivity index is 1.79. The topological polar surface area (TPSA) is 67.8 Å². The minimum Gasteiger partial charge on any atom is -0.488 e. The number of halogens is 1. The molecule has 0 unspecified atom stereocenters. The summed E-state index contributed by atoms with van der Waals surface area (Å²) < 4.78 is 6.83. The zero-order chi connectivity index (χ0) is 19.4. The second kappa shape index (κ2) is 8.54. The van der Waals surface area contributed by atoms with Crippen LogP contribution in [0.2, 0.25) is 0 Å². The molecule has 0 saturated carbocycles. The first-order valence-corrected chi connectivity index (χ1v) is 9.80. The molecule has 0 aliphatic carbocycles. The van der Waals surface area contributed by atoms with Crippen molar-refractivity contribution in [1.82, 2.24) is 5.32 Å². The van der Waals surface area contributed by atoms with Gasteiger partial charge in [0.25, 0.3) is 5.91 Å². The number of aryl methyl sites for hydroxylation is 1. The Morgan fingerprint density at radius 1 is 1.26 bits per heavy atom. The smallest absolute Gasteiger partial charge is 0.286 e. The Labute approximate surface area is 170 Å². The number of ether oxygens (including phenoxy) is 1. The summed E-state index contributed by atoms with van der Waals surface area (Å²) in [6.45, 7) is 3.84. The van der Waals surface area contributed by atoms with Gasteiger partial charge in [-0.3, -0.25) is 9.59 Å². The van der Waals surface area contributed by atoms with E-state index in [0.717, 1.165) is 27.4 Å². The highest BCUT2D eigenvalue weighted by molar-refractivity contribution is 9.10. The second-order valence-corrected chi connectivity index (χ2v) is 7.92. The summed E-state index contributed by atoms with van der Waals surface area (Å²) >= 11 is 4.58. The van der Waals surface area contributed by atoms with Crippen LogP contribution in [0.15, 0.2) is 56.8 Å². The fourth-order valence-corrected chi connectivity index (χ4v) is 3.59. The first-order chi connectivity index (χ1) is 12.9. The van der Waals surface area contributed by atoms with Gasteiger partial charge in [0, 0.05) is 17.0 Å². The molecule has 2 aromatic rings. The number of hydrogen-bond acceptors (Lipinski definition) is 4. The lowest BCUT2D eigenvalue weighted by Crippen LogP contribution is -2.23. The van der Waals surface area contributed by atoms with Crippen LogP contribution in [0.5, 0.6) is 5.75 Å². The van der Waals surface area contributed by atoms with Crippen LogP contribution >= 0.6 is 27.7 Å². The molecule has 0 radical (unpaired) electrons. The van der Waals surface area contributed by atoms with Crippen molar-refractivity contribution >= 4 is 50.7 Å².